The molecular weight excluding hydrogens is 414 g/mol. The second-order valence-corrected chi connectivity index (χ2v) is 9.41. The number of aromatic nitrogens is 3. The van der Waals surface area contributed by atoms with Gasteiger partial charge in [0.2, 0.25) is 0 Å². The van der Waals surface area contributed by atoms with Crippen molar-refractivity contribution in [3.63, 3.8) is 0 Å². The second kappa shape index (κ2) is 8.31. The van der Waals surface area contributed by atoms with Gasteiger partial charge in [-0.1, -0.05) is 13.0 Å². The topological polar surface area (TPSA) is 102 Å². The fraction of sp³-hybridized carbons (Fsp3) is 0.174. The van der Waals surface area contributed by atoms with E-state index in [1.165, 1.54) is 19.1 Å². The fourth-order valence-electron chi connectivity index (χ4n) is 3.22. The molecule has 2 heterocycles. The van der Waals surface area contributed by atoms with E-state index in [1.807, 2.05) is 24.3 Å². The molecule has 0 saturated carbocycles. The molecule has 0 aliphatic rings. The van der Waals surface area contributed by atoms with Gasteiger partial charge in [0.1, 0.15) is 23.0 Å². The summed E-state index contributed by atoms with van der Waals surface area (Å²) in [5, 5.41) is 0. The summed E-state index contributed by atoms with van der Waals surface area (Å²) >= 11 is 0. The molecule has 0 aliphatic heterocycles. The number of rotatable bonds is 7. The molecule has 0 amide bonds. The van der Waals surface area contributed by atoms with Gasteiger partial charge in [-0.15, -0.1) is 0 Å². The van der Waals surface area contributed by atoms with Crippen LogP contribution in [0.4, 0.5) is 0 Å². The maximum atomic E-state index is 12.0. The molecule has 0 radical (unpaired) electrons. The van der Waals surface area contributed by atoms with Crippen molar-refractivity contribution < 1.29 is 17.9 Å². The van der Waals surface area contributed by atoms with E-state index in [2.05, 4.69) is 15.0 Å². The summed E-state index contributed by atoms with van der Waals surface area (Å²) in [6.45, 7) is 3.12. The summed E-state index contributed by atoms with van der Waals surface area (Å²) in [7, 11) is -3.28. The Morgan fingerprint density at radius 2 is 1.87 bits per heavy atom. The highest BCUT2D eigenvalue weighted by atomic mass is 32.2. The molecule has 0 aliphatic carbocycles. The largest absolute Gasteiger partial charge is 0.457 e. The number of H-pyrrole nitrogens is 1. The first kappa shape index (κ1) is 20.7. The van der Waals surface area contributed by atoms with Crippen LogP contribution in [0.1, 0.15) is 19.4 Å². The average molecular weight is 436 g/mol. The first-order chi connectivity index (χ1) is 14.9. The summed E-state index contributed by atoms with van der Waals surface area (Å²) in [5.41, 5.74) is 2.87. The van der Waals surface area contributed by atoms with E-state index in [-0.39, 0.29) is 22.9 Å². The van der Waals surface area contributed by atoms with Gasteiger partial charge in [0.25, 0.3) is 0 Å². The summed E-state index contributed by atoms with van der Waals surface area (Å²) in [4.78, 5) is 24.2. The molecule has 158 valence electrons. The molecule has 1 N–H and O–H groups in total. The summed E-state index contributed by atoms with van der Waals surface area (Å²) in [6, 6.07) is 15.4. The highest BCUT2D eigenvalue weighted by molar-refractivity contribution is 7.91. The van der Waals surface area contributed by atoms with Gasteiger partial charge >= 0.3 is 0 Å². The van der Waals surface area contributed by atoms with Crippen molar-refractivity contribution in [1.29, 1.82) is 0 Å². The first-order valence-corrected chi connectivity index (χ1v) is 11.4. The molecule has 8 heteroatoms. The highest BCUT2D eigenvalue weighted by Crippen LogP contribution is 2.31. The zero-order chi connectivity index (χ0) is 22.0. The predicted molar refractivity (Wildman–Crippen MR) is 118 cm³/mol. The number of hydrogen-bond donors (Lipinski definition) is 1. The van der Waals surface area contributed by atoms with Crippen molar-refractivity contribution in [2.75, 3.05) is 5.75 Å². The van der Waals surface area contributed by atoms with E-state index in [0.717, 1.165) is 5.52 Å². The quantitative estimate of drug-likeness (QED) is 0.463. The van der Waals surface area contributed by atoms with Crippen LogP contribution in [0.25, 0.3) is 22.6 Å². The molecule has 2 aromatic heterocycles. The summed E-state index contributed by atoms with van der Waals surface area (Å²) in [6.07, 6.45) is 1.89. The lowest BCUT2D eigenvalue weighted by Crippen LogP contribution is -2.03. The number of benzene rings is 2. The molecular formula is C23H21N3O4S. The van der Waals surface area contributed by atoms with Crippen molar-refractivity contribution >= 4 is 26.7 Å². The molecule has 4 rings (SSSR count). The smallest absolute Gasteiger partial charge is 0.178 e. The SMILES string of the molecule is CCS(=O)(=O)c1ccc(Oc2cc3nc(-c4ccccn4)[nH]c3cc2CC(C)=O)cc1. The number of fused-ring (bicyclic) bond motifs is 1. The number of imidazole rings is 1. The first-order valence-electron chi connectivity index (χ1n) is 9.80. The Kier molecular flexibility index (Phi) is 5.56. The number of aromatic amines is 1. The Balaban J connectivity index is 1.72. The van der Waals surface area contributed by atoms with Gasteiger partial charge in [-0.25, -0.2) is 13.4 Å². The lowest BCUT2D eigenvalue weighted by Gasteiger charge is -2.11. The second-order valence-electron chi connectivity index (χ2n) is 7.13. The minimum atomic E-state index is -3.28. The Bertz CT molecular complexity index is 1350. The number of nitrogens with one attached hydrogen (secondary N) is 1. The number of Topliss-reactive ketones (excluding diaryl/α,β-unsaturated/α-hetero) is 1. The van der Waals surface area contributed by atoms with Crippen LogP contribution in [0.3, 0.4) is 0 Å². The van der Waals surface area contributed by atoms with Crippen LogP contribution in [0.5, 0.6) is 11.5 Å². The summed E-state index contributed by atoms with van der Waals surface area (Å²) in [5.74, 6) is 1.62. The zero-order valence-electron chi connectivity index (χ0n) is 17.1. The van der Waals surface area contributed by atoms with Crippen LogP contribution < -0.4 is 4.74 Å². The third kappa shape index (κ3) is 4.49. The number of nitrogens with zero attached hydrogens (tertiary/aromatic N) is 2. The summed E-state index contributed by atoms with van der Waals surface area (Å²) < 4.78 is 30.1. The molecule has 0 bridgehead atoms. The van der Waals surface area contributed by atoms with Crippen LogP contribution in [-0.4, -0.2) is 34.9 Å². The number of pyridine rings is 1. The number of ketones is 1. The molecule has 7 nitrogen and oxygen atoms in total. The molecule has 0 atom stereocenters. The molecule has 0 saturated heterocycles. The molecule has 31 heavy (non-hydrogen) atoms. The fourth-order valence-corrected chi connectivity index (χ4v) is 4.10. The maximum Gasteiger partial charge on any atom is 0.178 e. The van der Waals surface area contributed by atoms with Gasteiger partial charge in [-0.2, -0.15) is 0 Å². The van der Waals surface area contributed by atoms with Crippen LogP contribution in [0.2, 0.25) is 0 Å². The normalized spacial score (nSPS) is 11.5. The van der Waals surface area contributed by atoms with Crippen molar-refractivity contribution in [3.8, 4) is 23.0 Å². The van der Waals surface area contributed by atoms with Gasteiger partial charge < -0.3 is 9.72 Å². The van der Waals surface area contributed by atoms with Gasteiger partial charge in [0.05, 0.1) is 21.7 Å². The van der Waals surface area contributed by atoms with E-state index >= 15 is 0 Å². The van der Waals surface area contributed by atoms with E-state index in [0.29, 0.717) is 34.1 Å². The van der Waals surface area contributed by atoms with Crippen LogP contribution >= 0.6 is 0 Å². The van der Waals surface area contributed by atoms with E-state index < -0.39 is 9.84 Å². The third-order valence-electron chi connectivity index (χ3n) is 4.80. The van der Waals surface area contributed by atoms with Crippen LogP contribution in [0, 0.1) is 0 Å². The minimum absolute atomic E-state index is 0.00180. The van der Waals surface area contributed by atoms with Crippen molar-refractivity contribution in [2.24, 2.45) is 0 Å². The standard InChI is InChI=1S/C23H21N3O4S/c1-3-31(28,29)18-9-7-17(8-10-18)30-22-14-21-20(13-16(22)12-15(2)27)25-23(26-21)19-6-4-5-11-24-19/h4-11,13-14H,3,12H2,1-2H3,(H,25,26). The van der Waals surface area contributed by atoms with Crippen molar-refractivity contribution in [3.05, 3.63) is 66.4 Å². The third-order valence-corrected chi connectivity index (χ3v) is 6.55. The lowest BCUT2D eigenvalue weighted by atomic mass is 10.1. The molecule has 2 aromatic carbocycles. The molecule has 0 spiro atoms. The molecule has 4 aromatic rings. The van der Waals surface area contributed by atoms with E-state index in [1.54, 1.807) is 31.3 Å². The zero-order valence-corrected chi connectivity index (χ0v) is 17.9. The Labute approximate surface area is 180 Å². The number of sulfone groups is 1. The predicted octanol–water partition coefficient (Wildman–Crippen LogP) is 4.34. The van der Waals surface area contributed by atoms with Crippen molar-refractivity contribution in [2.45, 2.75) is 25.2 Å². The Morgan fingerprint density at radius 1 is 1.10 bits per heavy atom. The Hall–Kier alpha value is -3.52. The number of hydrogen-bond acceptors (Lipinski definition) is 6. The highest BCUT2D eigenvalue weighted by Gasteiger charge is 2.15. The van der Waals surface area contributed by atoms with E-state index in [4.69, 9.17) is 4.74 Å². The lowest BCUT2D eigenvalue weighted by molar-refractivity contribution is -0.116. The number of ether oxygens (including phenoxy) is 1. The van der Waals surface area contributed by atoms with Gasteiger partial charge in [-0.3, -0.25) is 9.78 Å². The molecule has 0 fully saturated rings. The Morgan fingerprint density at radius 3 is 2.52 bits per heavy atom. The molecule has 0 unspecified atom stereocenters. The number of carbonyl (C=O) groups is 1. The minimum Gasteiger partial charge on any atom is -0.457 e. The average Bonchev–Trinajstić information content (AvgIpc) is 3.17. The van der Waals surface area contributed by atoms with E-state index in [9.17, 15) is 13.2 Å². The van der Waals surface area contributed by atoms with Gasteiger partial charge in [0.15, 0.2) is 15.7 Å². The monoisotopic (exact) mass is 435 g/mol. The maximum absolute atomic E-state index is 12.0. The van der Waals surface area contributed by atoms with Crippen LogP contribution in [-0.2, 0) is 21.1 Å². The van der Waals surface area contributed by atoms with Gasteiger partial charge in [0, 0.05) is 24.2 Å². The van der Waals surface area contributed by atoms with Crippen LogP contribution in [0.15, 0.2) is 65.7 Å². The van der Waals surface area contributed by atoms with Gasteiger partial charge in [-0.05, 0) is 49.4 Å². The number of carbonyl (C=O) groups excluding carboxylic acids is 1. The van der Waals surface area contributed by atoms with Crippen molar-refractivity contribution in [1.82, 2.24) is 15.0 Å².